The SMILES string of the molecule is Cc1ccnc2c1nc(N)n2C1CCCN(C)C1. The minimum atomic E-state index is 0.392. The van der Waals surface area contributed by atoms with Gasteiger partial charge >= 0.3 is 0 Å². The van der Waals surface area contributed by atoms with Crippen molar-refractivity contribution in [1.82, 2.24) is 19.4 Å². The molecule has 96 valence electrons. The van der Waals surface area contributed by atoms with Crippen molar-refractivity contribution in [3.63, 3.8) is 0 Å². The zero-order chi connectivity index (χ0) is 12.7. The van der Waals surface area contributed by atoms with Crippen molar-refractivity contribution in [2.45, 2.75) is 25.8 Å². The number of piperidine rings is 1. The molecular formula is C13H19N5. The van der Waals surface area contributed by atoms with Gasteiger partial charge in [-0.1, -0.05) is 0 Å². The van der Waals surface area contributed by atoms with Gasteiger partial charge in [-0.2, -0.15) is 0 Å². The molecule has 3 heterocycles. The van der Waals surface area contributed by atoms with Crippen molar-refractivity contribution in [2.24, 2.45) is 0 Å². The van der Waals surface area contributed by atoms with E-state index in [0.717, 1.165) is 36.2 Å². The second-order valence-electron chi connectivity index (χ2n) is 5.20. The van der Waals surface area contributed by atoms with Gasteiger partial charge in [-0.3, -0.25) is 4.57 Å². The minimum Gasteiger partial charge on any atom is -0.369 e. The normalized spacial score (nSPS) is 21.6. The quantitative estimate of drug-likeness (QED) is 0.829. The number of imidazole rings is 1. The summed E-state index contributed by atoms with van der Waals surface area (Å²) in [7, 11) is 2.15. The molecule has 3 rings (SSSR count). The largest absolute Gasteiger partial charge is 0.369 e. The molecule has 0 radical (unpaired) electrons. The Kier molecular flexibility index (Phi) is 2.70. The number of anilines is 1. The fraction of sp³-hybridized carbons (Fsp3) is 0.538. The fourth-order valence-corrected chi connectivity index (χ4v) is 2.84. The number of nitrogens with two attached hydrogens (primary N) is 1. The van der Waals surface area contributed by atoms with E-state index in [4.69, 9.17) is 5.73 Å². The van der Waals surface area contributed by atoms with Gasteiger partial charge in [-0.25, -0.2) is 9.97 Å². The number of nitrogens with zero attached hydrogens (tertiary/aromatic N) is 4. The molecule has 2 aromatic rings. The van der Waals surface area contributed by atoms with E-state index in [1.54, 1.807) is 0 Å². The van der Waals surface area contributed by atoms with Gasteiger partial charge in [0, 0.05) is 12.7 Å². The summed E-state index contributed by atoms with van der Waals surface area (Å²) >= 11 is 0. The van der Waals surface area contributed by atoms with Crippen molar-refractivity contribution in [1.29, 1.82) is 0 Å². The Morgan fingerprint density at radius 2 is 2.28 bits per heavy atom. The number of rotatable bonds is 1. The molecule has 5 nitrogen and oxygen atoms in total. The van der Waals surface area contributed by atoms with Crippen LogP contribution in [0.3, 0.4) is 0 Å². The monoisotopic (exact) mass is 245 g/mol. The predicted molar refractivity (Wildman–Crippen MR) is 72.4 cm³/mol. The lowest BCUT2D eigenvalue weighted by Gasteiger charge is -2.31. The first-order valence-electron chi connectivity index (χ1n) is 6.44. The zero-order valence-corrected chi connectivity index (χ0v) is 10.9. The van der Waals surface area contributed by atoms with Gasteiger partial charge in [-0.15, -0.1) is 0 Å². The first-order valence-corrected chi connectivity index (χ1v) is 6.44. The number of likely N-dealkylation sites (tertiary alicyclic amines) is 1. The highest BCUT2D eigenvalue weighted by molar-refractivity contribution is 5.77. The first-order chi connectivity index (χ1) is 8.66. The van der Waals surface area contributed by atoms with E-state index < -0.39 is 0 Å². The third kappa shape index (κ3) is 1.75. The summed E-state index contributed by atoms with van der Waals surface area (Å²) in [6.45, 7) is 4.23. The highest BCUT2D eigenvalue weighted by atomic mass is 15.2. The van der Waals surface area contributed by atoms with E-state index in [1.165, 1.54) is 6.42 Å². The number of pyridine rings is 1. The number of nitrogen functional groups attached to an aromatic ring is 1. The standard InChI is InChI=1S/C13H19N5/c1-9-5-6-15-12-11(9)16-13(14)18(12)10-4-3-7-17(2)8-10/h5-6,10H,3-4,7-8H2,1-2H3,(H2,14,16). The van der Waals surface area contributed by atoms with Crippen LogP contribution in [-0.4, -0.2) is 39.6 Å². The summed E-state index contributed by atoms with van der Waals surface area (Å²) in [5.74, 6) is 0.590. The van der Waals surface area contributed by atoms with Gasteiger partial charge in [0.05, 0.1) is 6.04 Å². The smallest absolute Gasteiger partial charge is 0.202 e. The van der Waals surface area contributed by atoms with Crippen LogP contribution < -0.4 is 5.73 Å². The van der Waals surface area contributed by atoms with Crippen LogP contribution >= 0.6 is 0 Å². The van der Waals surface area contributed by atoms with Crippen LogP contribution in [-0.2, 0) is 0 Å². The van der Waals surface area contributed by atoms with Crippen molar-refractivity contribution in [3.8, 4) is 0 Å². The maximum atomic E-state index is 6.09. The molecule has 0 amide bonds. The molecule has 0 saturated carbocycles. The number of likely N-dealkylation sites (N-methyl/N-ethyl adjacent to an activating group) is 1. The van der Waals surface area contributed by atoms with Crippen molar-refractivity contribution in [3.05, 3.63) is 17.8 Å². The average molecular weight is 245 g/mol. The second-order valence-corrected chi connectivity index (χ2v) is 5.20. The molecule has 2 aromatic heterocycles. The molecule has 2 N–H and O–H groups in total. The lowest BCUT2D eigenvalue weighted by atomic mass is 10.1. The molecule has 1 unspecified atom stereocenters. The van der Waals surface area contributed by atoms with Gasteiger partial charge in [-0.05, 0) is 45.0 Å². The number of hydrogen-bond donors (Lipinski definition) is 1. The molecule has 0 spiro atoms. The Balaban J connectivity index is 2.10. The van der Waals surface area contributed by atoms with Crippen molar-refractivity contribution < 1.29 is 0 Å². The number of fused-ring (bicyclic) bond motifs is 1. The zero-order valence-electron chi connectivity index (χ0n) is 10.9. The van der Waals surface area contributed by atoms with Gasteiger partial charge in [0.2, 0.25) is 5.95 Å². The maximum Gasteiger partial charge on any atom is 0.202 e. The van der Waals surface area contributed by atoms with E-state index in [-0.39, 0.29) is 0 Å². The van der Waals surface area contributed by atoms with Crippen LogP contribution in [0.4, 0.5) is 5.95 Å². The van der Waals surface area contributed by atoms with Crippen LogP contribution in [0.2, 0.25) is 0 Å². The van der Waals surface area contributed by atoms with E-state index >= 15 is 0 Å². The van der Waals surface area contributed by atoms with Gasteiger partial charge in [0.25, 0.3) is 0 Å². The molecule has 0 aliphatic carbocycles. The minimum absolute atomic E-state index is 0.392. The molecule has 1 aliphatic heterocycles. The topological polar surface area (TPSA) is 60.0 Å². The van der Waals surface area contributed by atoms with E-state index in [0.29, 0.717) is 12.0 Å². The van der Waals surface area contributed by atoms with Crippen LogP contribution in [0.15, 0.2) is 12.3 Å². The van der Waals surface area contributed by atoms with Crippen LogP contribution in [0, 0.1) is 6.92 Å². The van der Waals surface area contributed by atoms with Gasteiger partial charge in [0.15, 0.2) is 5.65 Å². The molecule has 5 heteroatoms. The Labute approximate surface area is 107 Å². The summed E-state index contributed by atoms with van der Waals surface area (Å²) < 4.78 is 2.11. The summed E-state index contributed by atoms with van der Waals surface area (Å²) in [6, 6.07) is 2.37. The highest BCUT2D eigenvalue weighted by Crippen LogP contribution is 2.28. The number of hydrogen-bond acceptors (Lipinski definition) is 4. The Morgan fingerprint density at radius 1 is 1.44 bits per heavy atom. The summed E-state index contributed by atoms with van der Waals surface area (Å²) in [5, 5.41) is 0. The third-order valence-corrected chi connectivity index (χ3v) is 3.77. The van der Waals surface area contributed by atoms with Crippen LogP contribution in [0.5, 0.6) is 0 Å². The number of aromatic nitrogens is 3. The molecule has 1 aliphatic rings. The van der Waals surface area contributed by atoms with Crippen molar-refractivity contribution in [2.75, 3.05) is 25.9 Å². The van der Waals surface area contributed by atoms with Crippen LogP contribution in [0.25, 0.3) is 11.2 Å². The Morgan fingerprint density at radius 3 is 3.06 bits per heavy atom. The molecular weight excluding hydrogens is 226 g/mol. The Bertz CT molecular complexity index is 574. The number of aryl methyl sites for hydroxylation is 1. The fourth-order valence-electron chi connectivity index (χ4n) is 2.84. The molecule has 0 bridgehead atoms. The summed E-state index contributed by atoms with van der Waals surface area (Å²) in [5.41, 5.74) is 9.08. The third-order valence-electron chi connectivity index (χ3n) is 3.77. The predicted octanol–water partition coefficient (Wildman–Crippen LogP) is 1.59. The van der Waals surface area contributed by atoms with Crippen molar-refractivity contribution >= 4 is 17.1 Å². The summed E-state index contributed by atoms with van der Waals surface area (Å²) in [4.78, 5) is 11.3. The summed E-state index contributed by atoms with van der Waals surface area (Å²) in [6.07, 6.45) is 4.18. The lowest BCUT2D eigenvalue weighted by molar-refractivity contribution is 0.216. The first kappa shape index (κ1) is 11.5. The van der Waals surface area contributed by atoms with Gasteiger partial charge < -0.3 is 10.6 Å². The molecule has 1 atom stereocenters. The Hall–Kier alpha value is -1.62. The van der Waals surface area contributed by atoms with Gasteiger partial charge in [0.1, 0.15) is 5.52 Å². The average Bonchev–Trinajstić information content (AvgIpc) is 2.67. The maximum absolute atomic E-state index is 6.09. The lowest BCUT2D eigenvalue weighted by Crippen LogP contribution is -2.34. The van der Waals surface area contributed by atoms with Crippen LogP contribution in [0.1, 0.15) is 24.4 Å². The van der Waals surface area contributed by atoms with E-state index in [1.807, 2.05) is 19.2 Å². The second kappa shape index (κ2) is 4.24. The molecule has 1 fully saturated rings. The molecule has 0 aromatic carbocycles. The molecule has 18 heavy (non-hydrogen) atoms. The molecule has 1 saturated heterocycles. The van der Waals surface area contributed by atoms with E-state index in [2.05, 4.69) is 26.5 Å². The highest BCUT2D eigenvalue weighted by Gasteiger charge is 2.23. The van der Waals surface area contributed by atoms with E-state index in [9.17, 15) is 0 Å².